The Labute approximate surface area is 126 Å². The zero-order chi connectivity index (χ0) is 14.5. The van der Waals surface area contributed by atoms with E-state index in [1.165, 1.54) is 0 Å². The Kier molecular flexibility index (Phi) is 5.25. The van der Waals surface area contributed by atoms with Crippen LogP contribution < -0.4 is 15.4 Å². The van der Waals surface area contributed by atoms with E-state index >= 15 is 0 Å². The molecule has 0 unspecified atom stereocenters. The van der Waals surface area contributed by atoms with Crippen LogP contribution in [0.3, 0.4) is 0 Å². The third-order valence-corrected chi connectivity index (χ3v) is 4.22. The highest BCUT2D eigenvalue weighted by Crippen LogP contribution is 2.27. The van der Waals surface area contributed by atoms with Gasteiger partial charge in [0.15, 0.2) is 0 Å². The number of hydrogen-bond donors (Lipinski definition) is 3. The second-order valence-corrected chi connectivity index (χ2v) is 5.79. The van der Waals surface area contributed by atoms with Crippen molar-refractivity contribution in [3.05, 3.63) is 22.7 Å². The van der Waals surface area contributed by atoms with E-state index in [-0.39, 0.29) is 18.1 Å². The van der Waals surface area contributed by atoms with E-state index in [4.69, 9.17) is 4.74 Å². The molecule has 2 amide bonds. The number of hydrogen-bond acceptors (Lipinski definition) is 3. The molecular formula is C14H19BrN2O3. The van der Waals surface area contributed by atoms with Crippen molar-refractivity contribution in [2.75, 3.05) is 19.0 Å². The first-order valence-electron chi connectivity index (χ1n) is 6.66. The van der Waals surface area contributed by atoms with Gasteiger partial charge >= 0.3 is 6.03 Å². The van der Waals surface area contributed by atoms with Crippen LogP contribution in [0.1, 0.15) is 19.3 Å². The molecule has 1 aliphatic carbocycles. The number of carbonyl (C=O) groups excluding carboxylic acids is 1. The molecule has 3 N–H and O–H groups in total. The summed E-state index contributed by atoms with van der Waals surface area (Å²) in [5, 5.41) is 15.3. The van der Waals surface area contributed by atoms with Crippen LogP contribution in [-0.4, -0.2) is 30.9 Å². The lowest BCUT2D eigenvalue weighted by Gasteiger charge is -2.16. The van der Waals surface area contributed by atoms with Crippen molar-refractivity contribution in [2.45, 2.75) is 25.4 Å². The first-order valence-corrected chi connectivity index (χ1v) is 7.46. The van der Waals surface area contributed by atoms with Crippen LogP contribution in [0, 0.1) is 5.92 Å². The third-order valence-electron chi connectivity index (χ3n) is 3.57. The summed E-state index contributed by atoms with van der Waals surface area (Å²) >= 11 is 3.38. The van der Waals surface area contributed by atoms with Crippen molar-refractivity contribution in [2.24, 2.45) is 5.92 Å². The van der Waals surface area contributed by atoms with E-state index in [9.17, 15) is 9.90 Å². The number of aliphatic hydroxyl groups is 1. The third kappa shape index (κ3) is 3.86. The van der Waals surface area contributed by atoms with Crippen LogP contribution in [0.4, 0.5) is 10.5 Å². The summed E-state index contributed by atoms with van der Waals surface area (Å²) in [5.41, 5.74) is 0.676. The summed E-state index contributed by atoms with van der Waals surface area (Å²) in [6.45, 7) is 0.501. The molecule has 0 aliphatic heterocycles. The molecule has 5 nitrogen and oxygen atoms in total. The molecule has 0 spiro atoms. The number of nitrogens with one attached hydrogen (secondary N) is 2. The Morgan fingerprint density at radius 1 is 1.50 bits per heavy atom. The molecule has 1 saturated carbocycles. The molecule has 110 valence electrons. The number of halogens is 1. The van der Waals surface area contributed by atoms with E-state index in [2.05, 4.69) is 26.6 Å². The first-order chi connectivity index (χ1) is 9.60. The summed E-state index contributed by atoms with van der Waals surface area (Å²) in [5.74, 6) is 0.886. The number of benzene rings is 1. The van der Waals surface area contributed by atoms with Crippen LogP contribution in [0.15, 0.2) is 22.7 Å². The lowest BCUT2D eigenvalue weighted by atomic mass is 10.1. The Balaban J connectivity index is 1.85. The van der Waals surface area contributed by atoms with Crippen molar-refractivity contribution in [1.29, 1.82) is 0 Å². The molecule has 0 heterocycles. The molecule has 1 aromatic rings. The lowest BCUT2D eigenvalue weighted by molar-refractivity contribution is 0.133. The summed E-state index contributed by atoms with van der Waals surface area (Å²) in [6.07, 6.45) is 2.54. The normalized spacial score (nSPS) is 21.6. The quantitative estimate of drug-likeness (QED) is 0.787. The zero-order valence-electron chi connectivity index (χ0n) is 11.4. The van der Waals surface area contributed by atoms with Crippen LogP contribution in [0.25, 0.3) is 0 Å². The average Bonchev–Trinajstić information content (AvgIpc) is 2.84. The molecule has 1 aromatic carbocycles. The number of amides is 2. The van der Waals surface area contributed by atoms with Gasteiger partial charge in [0.1, 0.15) is 5.75 Å². The van der Waals surface area contributed by atoms with E-state index in [0.29, 0.717) is 12.2 Å². The number of rotatable bonds is 4. The predicted molar refractivity (Wildman–Crippen MR) is 81.1 cm³/mol. The van der Waals surface area contributed by atoms with E-state index in [1.807, 2.05) is 0 Å². The number of carbonyl (C=O) groups is 1. The zero-order valence-corrected chi connectivity index (χ0v) is 12.9. The fourth-order valence-corrected chi connectivity index (χ4v) is 2.83. The molecule has 0 radical (unpaired) electrons. The van der Waals surface area contributed by atoms with Crippen molar-refractivity contribution in [1.82, 2.24) is 5.32 Å². The molecule has 0 saturated heterocycles. The number of aliphatic hydroxyl groups excluding tert-OH is 1. The number of methoxy groups -OCH3 is 1. The predicted octanol–water partition coefficient (Wildman–Crippen LogP) is 2.74. The first kappa shape index (κ1) is 15.1. The maximum atomic E-state index is 11.8. The minimum atomic E-state index is -0.289. The highest BCUT2D eigenvalue weighted by atomic mass is 79.9. The molecule has 1 aliphatic rings. The van der Waals surface area contributed by atoms with Gasteiger partial charge < -0.3 is 20.5 Å². The largest absolute Gasteiger partial charge is 0.497 e. The number of anilines is 1. The van der Waals surface area contributed by atoms with Gasteiger partial charge in [-0.15, -0.1) is 0 Å². The van der Waals surface area contributed by atoms with Gasteiger partial charge in [0.25, 0.3) is 0 Å². The maximum absolute atomic E-state index is 11.8. The van der Waals surface area contributed by atoms with E-state index in [1.54, 1.807) is 25.3 Å². The second kappa shape index (κ2) is 6.95. The van der Waals surface area contributed by atoms with Gasteiger partial charge in [-0.2, -0.15) is 0 Å². The van der Waals surface area contributed by atoms with Gasteiger partial charge in [-0.05, 0) is 47.0 Å². The number of ether oxygens (including phenoxy) is 1. The van der Waals surface area contributed by atoms with Gasteiger partial charge in [-0.3, -0.25) is 0 Å². The van der Waals surface area contributed by atoms with Crippen molar-refractivity contribution < 1.29 is 14.6 Å². The Bertz CT molecular complexity index is 481. The molecule has 0 aromatic heterocycles. The van der Waals surface area contributed by atoms with Crippen LogP contribution in [0.2, 0.25) is 0 Å². The van der Waals surface area contributed by atoms with Gasteiger partial charge in [-0.1, -0.05) is 6.42 Å². The van der Waals surface area contributed by atoms with Crippen molar-refractivity contribution >= 4 is 27.6 Å². The van der Waals surface area contributed by atoms with Crippen LogP contribution in [-0.2, 0) is 0 Å². The molecule has 2 atom stereocenters. The average molecular weight is 343 g/mol. The lowest BCUT2D eigenvalue weighted by Crippen LogP contribution is -2.35. The summed E-state index contributed by atoms with van der Waals surface area (Å²) < 4.78 is 5.85. The molecule has 1 fully saturated rings. The fourth-order valence-electron chi connectivity index (χ4n) is 2.37. The van der Waals surface area contributed by atoms with Crippen molar-refractivity contribution in [3.63, 3.8) is 0 Å². The van der Waals surface area contributed by atoms with Crippen molar-refractivity contribution in [3.8, 4) is 5.75 Å². The Hall–Kier alpha value is -1.27. The highest BCUT2D eigenvalue weighted by Gasteiger charge is 2.25. The monoisotopic (exact) mass is 342 g/mol. The maximum Gasteiger partial charge on any atom is 0.319 e. The van der Waals surface area contributed by atoms with Gasteiger partial charge in [0.05, 0.1) is 18.9 Å². The van der Waals surface area contributed by atoms with E-state index < -0.39 is 0 Å². The summed E-state index contributed by atoms with van der Waals surface area (Å²) in [6, 6.07) is 5.07. The van der Waals surface area contributed by atoms with Gasteiger partial charge in [0.2, 0.25) is 0 Å². The second-order valence-electron chi connectivity index (χ2n) is 4.94. The molecule has 6 heteroatoms. The molecular weight excluding hydrogens is 324 g/mol. The minimum Gasteiger partial charge on any atom is -0.497 e. The highest BCUT2D eigenvalue weighted by molar-refractivity contribution is 9.10. The van der Waals surface area contributed by atoms with E-state index in [0.717, 1.165) is 29.5 Å². The minimum absolute atomic E-state index is 0.167. The Morgan fingerprint density at radius 3 is 2.90 bits per heavy atom. The van der Waals surface area contributed by atoms with Gasteiger partial charge in [0, 0.05) is 16.9 Å². The standard InChI is InChI=1S/C14H19BrN2O3/c1-20-10-5-6-12(11(15)7-10)17-14(19)16-8-9-3-2-4-13(9)18/h5-7,9,13,18H,2-4,8H2,1H3,(H2,16,17,19)/t9-,13-/m0/s1. The summed E-state index contributed by atoms with van der Waals surface area (Å²) in [7, 11) is 1.59. The Morgan fingerprint density at radius 2 is 2.30 bits per heavy atom. The number of urea groups is 1. The van der Waals surface area contributed by atoms with Crippen LogP contribution >= 0.6 is 15.9 Å². The SMILES string of the molecule is COc1ccc(NC(=O)NC[C@@H]2CCC[C@@H]2O)c(Br)c1. The smallest absolute Gasteiger partial charge is 0.319 e. The van der Waals surface area contributed by atoms with Gasteiger partial charge in [-0.25, -0.2) is 4.79 Å². The topological polar surface area (TPSA) is 70.6 Å². The molecule has 20 heavy (non-hydrogen) atoms. The summed E-state index contributed by atoms with van der Waals surface area (Å²) in [4.78, 5) is 11.8. The molecule has 2 rings (SSSR count). The fraction of sp³-hybridized carbons (Fsp3) is 0.500. The van der Waals surface area contributed by atoms with Crippen LogP contribution in [0.5, 0.6) is 5.75 Å². The molecule has 0 bridgehead atoms.